The molecule has 8 heteroatoms. The number of nitrogens with one attached hydrogen (secondary N) is 3. The van der Waals surface area contributed by atoms with Crippen LogP contribution in [0, 0.1) is 0 Å². The van der Waals surface area contributed by atoms with Gasteiger partial charge < -0.3 is 31.2 Å². The Labute approximate surface area is 177 Å². The highest BCUT2D eigenvalue weighted by atomic mass is 16.6. The number of rotatable bonds is 12. The monoisotopic (exact) mass is 414 g/mol. The van der Waals surface area contributed by atoms with E-state index < -0.39 is 18.2 Å². The highest BCUT2D eigenvalue weighted by molar-refractivity contribution is 5.87. The smallest absolute Gasteiger partial charge is 0.408 e. The summed E-state index contributed by atoms with van der Waals surface area (Å²) in [6.07, 6.45) is 0.0265. The van der Waals surface area contributed by atoms with E-state index in [0.717, 1.165) is 24.2 Å². The van der Waals surface area contributed by atoms with Gasteiger partial charge in [0.15, 0.2) is 0 Å². The fraction of sp³-hybridized carbons (Fsp3) is 0.364. The first-order valence-corrected chi connectivity index (χ1v) is 10.0. The zero-order valence-electron chi connectivity index (χ0n) is 17.2. The topological polar surface area (TPSA) is 115 Å². The molecular weight excluding hydrogens is 384 g/mol. The standard InChI is InChI=1S/C22H30N4O4/c1-2-12-29-13-11-24-16-20(18-8-4-3-5-9-18)30-22(28)25-15-17-7-6-10-19(14-17)26-21(23)27/h3-10,14,20,24H,2,11-13,15-16H2,1H3,(H,25,28)(H3,23,26,27)/t20-/m0/s1. The van der Waals surface area contributed by atoms with Crippen LogP contribution in [0.25, 0.3) is 0 Å². The van der Waals surface area contributed by atoms with E-state index in [4.69, 9.17) is 15.2 Å². The molecule has 3 amide bonds. The van der Waals surface area contributed by atoms with Crippen molar-refractivity contribution >= 4 is 17.8 Å². The van der Waals surface area contributed by atoms with Crippen molar-refractivity contribution in [3.63, 3.8) is 0 Å². The molecule has 0 bridgehead atoms. The van der Waals surface area contributed by atoms with Gasteiger partial charge in [-0.1, -0.05) is 49.4 Å². The Bertz CT molecular complexity index is 786. The molecule has 1 atom stereocenters. The normalized spacial score (nSPS) is 11.5. The molecule has 0 aromatic heterocycles. The second-order valence-electron chi connectivity index (χ2n) is 6.66. The summed E-state index contributed by atoms with van der Waals surface area (Å²) in [5.74, 6) is 0. The summed E-state index contributed by atoms with van der Waals surface area (Å²) in [5.41, 5.74) is 7.40. The molecule has 0 aliphatic carbocycles. The number of nitrogens with two attached hydrogens (primary N) is 1. The molecule has 2 aromatic rings. The van der Waals surface area contributed by atoms with Crippen molar-refractivity contribution < 1.29 is 19.1 Å². The zero-order chi connectivity index (χ0) is 21.6. The Kier molecular flexibility index (Phi) is 10.2. The van der Waals surface area contributed by atoms with Crippen molar-refractivity contribution in [1.29, 1.82) is 0 Å². The fourth-order valence-corrected chi connectivity index (χ4v) is 2.77. The van der Waals surface area contributed by atoms with E-state index in [1.54, 1.807) is 18.2 Å². The fourth-order valence-electron chi connectivity index (χ4n) is 2.77. The summed E-state index contributed by atoms with van der Waals surface area (Å²) in [5, 5.41) is 8.51. The maximum atomic E-state index is 12.4. The predicted molar refractivity (Wildman–Crippen MR) is 116 cm³/mol. The number of primary amides is 1. The molecule has 5 N–H and O–H groups in total. The molecule has 0 unspecified atom stereocenters. The van der Waals surface area contributed by atoms with Gasteiger partial charge in [0.25, 0.3) is 0 Å². The molecule has 0 saturated carbocycles. The molecule has 162 valence electrons. The van der Waals surface area contributed by atoms with Gasteiger partial charge >= 0.3 is 12.1 Å². The lowest BCUT2D eigenvalue weighted by atomic mass is 10.1. The van der Waals surface area contributed by atoms with Gasteiger partial charge in [-0.2, -0.15) is 0 Å². The van der Waals surface area contributed by atoms with Gasteiger partial charge in [0, 0.05) is 31.9 Å². The molecule has 0 saturated heterocycles. The first kappa shape index (κ1) is 23.2. The molecule has 0 aliphatic rings. The van der Waals surface area contributed by atoms with Crippen LogP contribution in [0.2, 0.25) is 0 Å². The summed E-state index contributed by atoms with van der Waals surface area (Å²) in [6, 6.07) is 16.0. The highest BCUT2D eigenvalue weighted by Crippen LogP contribution is 2.17. The summed E-state index contributed by atoms with van der Waals surface area (Å²) >= 11 is 0. The predicted octanol–water partition coefficient (Wildman–Crippen LogP) is 3.16. The minimum absolute atomic E-state index is 0.257. The van der Waals surface area contributed by atoms with Crippen LogP contribution in [-0.2, 0) is 16.0 Å². The van der Waals surface area contributed by atoms with Crippen LogP contribution >= 0.6 is 0 Å². The first-order valence-electron chi connectivity index (χ1n) is 10.0. The van der Waals surface area contributed by atoms with Crippen LogP contribution in [0.3, 0.4) is 0 Å². The molecule has 0 fully saturated rings. The van der Waals surface area contributed by atoms with E-state index in [9.17, 15) is 9.59 Å². The SMILES string of the molecule is CCCOCCNC[C@H](OC(=O)NCc1cccc(NC(N)=O)c1)c1ccccc1. The summed E-state index contributed by atoms with van der Waals surface area (Å²) < 4.78 is 11.1. The van der Waals surface area contributed by atoms with E-state index in [2.05, 4.69) is 22.9 Å². The third kappa shape index (κ3) is 8.93. The number of urea groups is 1. The van der Waals surface area contributed by atoms with E-state index in [1.807, 2.05) is 36.4 Å². The average Bonchev–Trinajstić information content (AvgIpc) is 2.74. The Morgan fingerprint density at radius 1 is 1.07 bits per heavy atom. The third-order valence-electron chi connectivity index (χ3n) is 4.15. The van der Waals surface area contributed by atoms with Crippen LogP contribution in [0.1, 0.15) is 30.6 Å². The van der Waals surface area contributed by atoms with Gasteiger partial charge in [-0.25, -0.2) is 9.59 Å². The van der Waals surface area contributed by atoms with Crippen molar-refractivity contribution in [2.75, 3.05) is 31.6 Å². The van der Waals surface area contributed by atoms with Gasteiger partial charge in [0.05, 0.1) is 6.61 Å². The van der Waals surface area contributed by atoms with Crippen molar-refractivity contribution in [3.05, 3.63) is 65.7 Å². The number of carbonyl (C=O) groups excluding carboxylic acids is 2. The molecule has 0 spiro atoms. The highest BCUT2D eigenvalue weighted by Gasteiger charge is 2.16. The third-order valence-corrected chi connectivity index (χ3v) is 4.15. The maximum Gasteiger partial charge on any atom is 0.408 e. The second kappa shape index (κ2) is 13.2. The molecule has 30 heavy (non-hydrogen) atoms. The van der Waals surface area contributed by atoms with Crippen LogP contribution < -0.4 is 21.7 Å². The lowest BCUT2D eigenvalue weighted by Gasteiger charge is -2.19. The van der Waals surface area contributed by atoms with Crippen molar-refractivity contribution in [3.8, 4) is 0 Å². The Morgan fingerprint density at radius 3 is 2.60 bits per heavy atom. The van der Waals surface area contributed by atoms with Crippen molar-refractivity contribution in [2.45, 2.75) is 26.0 Å². The van der Waals surface area contributed by atoms with Crippen LogP contribution in [-0.4, -0.2) is 38.4 Å². The largest absolute Gasteiger partial charge is 0.440 e. The zero-order valence-corrected chi connectivity index (χ0v) is 17.2. The molecule has 0 aliphatic heterocycles. The Balaban J connectivity index is 1.86. The van der Waals surface area contributed by atoms with E-state index in [0.29, 0.717) is 25.4 Å². The number of amides is 3. The van der Waals surface area contributed by atoms with Crippen molar-refractivity contribution in [1.82, 2.24) is 10.6 Å². The number of anilines is 1. The van der Waals surface area contributed by atoms with Gasteiger partial charge in [0.1, 0.15) is 6.10 Å². The summed E-state index contributed by atoms with van der Waals surface area (Å²) in [4.78, 5) is 23.3. The lowest BCUT2D eigenvalue weighted by Crippen LogP contribution is -2.31. The van der Waals surface area contributed by atoms with Crippen molar-refractivity contribution in [2.24, 2.45) is 5.73 Å². The van der Waals surface area contributed by atoms with E-state index >= 15 is 0 Å². The number of alkyl carbamates (subject to hydrolysis) is 1. The maximum absolute atomic E-state index is 12.4. The second-order valence-corrected chi connectivity index (χ2v) is 6.66. The van der Waals surface area contributed by atoms with Gasteiger partial charge in [-0.15, -0.1) is 0 Å². The van der Waals surface area contributed by atoms with Gasteiger partial charge in [-0.05, 0) is 29.7 Å². The summed E-state index contributed by atoms with van der Waals surface area (Å²) in [6.45, 7) is 4.82. The van der Waals surface area contributed by atoms with Crippen LogP contribution in [0.4, 0.5) is 15.3 Å². The molecule has 2 rings (SSSR count). The minimum atomic E-state index is -0.641. The quantitative estimate of drug-likeness (QED) is 0.398. The molecular formula is C22H30N4O4. The lowest BCUT2D eigenvalue weighted by molar-refractivity contribution is 0.0922. The van der Waals surface area contributed by atoms with Crippen LogP contribution in [0.5, 0.6) is 0 Å². The molecule has 0 heterocycles. The number of carbonyl (C=O) groups is 2. The average molecular weight is 415 g/mol. The van der Waals surface area contributed by atoms with E-state index in [-0.39, 0.29) is 6.54 Å². The molecule has 2 aromatic carbocycles. The summed E-state index contributed by atoms with van der Waals surface area (Å²) in [7, 11) is 0. The van der Waals surface area contributed by atoms with Crippen LogP contribution in [0.15, 0.2) is 54.6 Å². The number of hydrogen-bond acceptors (Lipinski definition) is 5. The van der Waals surface area contributed by atoms with Gasteiger partial charge in [-0.3, -0.25) is 0 Å². The Hall–Kier alpha value is -3.10. The van der Waals surface area contributed by atoms with E-state index in [1.165, 1.54) is 0 Å². The first-order chi connectivity index (χ1) is 14.6. The number of benzene rings is 2. The minimum Gasteiger partial charge on any atom is -0.440 e. The molecule has 8 nitrogen and oxygen atoms in total. The number of hydrogen-bond donors (Lipinski definition) is 4. The number of ether oxygens (including phenoxy) is 2. The van der Waals surface area contributed by atoms with Gasteiger partial charge in [0.2, 0.25) is 0 Å². The molecule has 0 radical (unpaired) electrons. The Morgan fingerprint density at radius 2 is 1.87 bits per heavy atom.